The molecule has 0 N–H and O–H groups in total. The first kappa shape index (κ1) is 126. The largest absolute Gasteiger partial charge is 0.616 e. The minimum atomic E-state index is -1.17. The first-order valence-corrected chi connectivity index (χ1v) is 45.7. The molecule has 0 atom stereocenters. The van der Waals surface area contributed by atoms with Crippen molar-refractivity contribution in [1.82, 2.24) is 0 Å². The van der Waals surface area contributed by atoms with E-state index >= 15 is 0 Å². The van der Waals surface area contributed by atoms with Gasteiger partial charge in [-0.15, -0.1) is 0 Å². The van der Waals surface area contributed by atoms with Gasteiger partial charge in [0.2, 0.25) is 0 Å². The summed E-state index contributed by atoms with van der Waals surface area (Å²) in [5, 5.41) is 24.3. The Hall–Kier alpha value is -8.50. The van der Waals surface area contributed by atoms with Crippen LogP contribution in [0.15, 0.2) is 140 Å². The molecule has 4 aromatic carbocycles. The molecule has 0 spiro atoms. The zero-order valence-electron chi connectivity index (χ0n) is 85.8. The molecular weight excluding hydrogens is 1850 g/mol. The molecule has 4 fully saturated rings. The van der Waals surface area contributed by atoms with E-state index in [-0.39, 0.29) is 42.1 Å². The Morgan fingerprint density at radius 2 is 0.295 bits per heavy atom. The van der Waals surface area contributed by atoms with Crippen molar-refractivity contribution in [3.8, 4) is 0 Å². The van der Waals surface area contributed by atoms with E-state index in [2.05, 4.69) is 286 Å². The van der Waals surface area contributed by atoms with Crippen LogP contribution in [-0.4, -0.2) is 172 Å². The quantitative estimate of drug-likeness (QED) is 0.0305. The average Bonchev–Trinajstić information content (AvgIpc) is 1.59. The second-order valence-corrected chi connectivity index (χ2v) is 35.5. The van der Waals surface area contributed by atoms with E-state index in [0.717, 1.165) is 124 Å². The number of benzene rings is 4. The van der Waals surface area contributed by atoms with Crippen LogP contribution >= 0.6 is 0 Å². The fraction of sp³-hybridized carbons (Fsp3) is 0.585. The Kier molecular flexibility index (Phi) is 62.8. The maximum Gasteiger partial charge on any atom is 0.339 e. The Balaban J connectivity index is 0. The summed E-state index contributed by atoms with van der Waals surface area (Å²) in [7, 11) is 9.79. The van der Waals surface area contributed by atoms with E-state index in [1.807, 2.05) is 0 Å². The van der Waals surface area contributed by atoms with Gasteiger partial charge in [0, 0.05) is 106 Å². The van der Waals surface area contributed by atoms with E-state index in [1.165, 1.54) is 118 Å². The maximum atomic E-state index is 12.1. The fourth-order valence-corrected chi connectivity index (χ4v) is 13.2. The number of hydrogen-bond donors (Lipinski definition) is 0. The van der Waals surface area contributed by atoms with Crippen LogP contribution in [0.4, 0.5) is 0 Å². The van der Waals surface area contributed by atoms with Crippen LogP contribution in [0.2, 0.25) is 0 Å². The summed E-state index contributed by atoms with van der Waals surface area (Å²) in [5.41, 5.74) is 11.1. The Bertz CT molecular complexity index is 3620. The van der Waals surface area contributed by atoms with Gasteiger partial charge in [-0.2, -0.15) is 0 Å². The van der Waals surface area contributed by atoms with Crippen molar-refractivity contribution in [3.05, 3.63) is 207 Å². The molecule has 132 heavy (non-hydrogen) atoms. The molecule has 0 aromatic heterocycles. The maximum absolute atomic E-state index is 12.1. The summed E-state index contributed by atoms with van der Waals surface area (Å²) >= 11 is 0. The van der Waals surface area contributed by atoms with Crippen LogP contribution in [0, 0.1) is 0 Å². The molecule has 0 saturated carbocycles. The summed E-state index contributed by atoms with van der Waals surface area (Å²) in [6.07, 6.45) is 10.2. The van der Waals surface area contributed by atoms with Crippen molar-refractivity contribution < 1.29 is 157 Å². The van der Waals surface area contributed by atoms with Gasteiger partial charge in [0.05, 0.1) is 113 Å². The normalized spacial score (nSPS) is 14.1. The molecule has 6 aliphatic rings. The first-order valence-electron chi connectivity index (χ1n) is 45.7. The summed E-state index contributed by atoms with van der Waals surface area (Å²) in [6, 6.07) is 28.3. The van der Waals surface area contributed by atoms with Crippen LogP contribution in [0.5, 0.6) is 0 Å². The van der Waals surface area contributed by atoms with Crippen LogP contribution in [0.25, 0.3) is 0 Å². The number of rotatable bonds is 22. The van der Waals surface area contributed by atoms with Gasteiger partial charge in [-0.25, -0.2) is 38.4 Å². The van der Waals surface area contributed by atoms with Crippen LogP contribution in [0.3, 0.4) is 0 Å². The third-order valence-corrected chi connectivity index (χ3v) is 21.7. The number of carbonyl (C=O) groups excluding carboxylic acids is 8. The molecule has 26 heteroatoms. The van der Waals surface area contributed by atoms with Crippen LogP contribution in [-0.2, 0) is 147 Å². The number of hydrogen-bond acceptors (Lipinski definition) is 24. The molecule has 4 saturated heterocycles. The van der Waals surface area contributed by atoms with Crippen molar-refractivity contribution in [2.75, 3.05) is 124 Å². The molecule has 0 amide bonds. The zero-order chi connectivity index (χ0) is 99.1. The number of carbonyl (C=O) groups is 8. The summed E-state index contributed by atoms with van der Waals surface area (Å²) in [4.78, 5) is 97.1. The van der Waals surface area contributed by atoms with Gasteiger partial charge >= 0.3 is 47.8 Å². The van der Waals surface area contributed by atoms with E-state index < -0.39 is 115 Å². The Morgan fingerprint density at radius 3 is 0.364 bits per heavy atom. The topological polar surface area (TPSA) is 312 Å². The van der Waals surface area contributed by atoms with Gasteiger partial charge in [0.15, 0.2) is 0 Å². The first-order chi connectivity index (χ1) is 61.2. The van der Waals surface area contributed by atoms with Gasteiger partial charge in [-0.3, -0.25) is 0 Å². The minimum absolute atomic E-state index is 0. The molecule has 24 nitrogen and oxygen atoms in total. The van der Waals surface area contributed by atoms with E-state index in [4.69, 9.17) is 18.9 Å². The van der Waals surface area contributed by atoms with Gasteiger partial charge < -0.3 is 76.5 Å². The molecule has 2 aliphatic carbocycles. The van der Waals surface area contributed by atoms with Crippen molar-refractivity contribution in [2.24, 2.45) is 0 Å². The van der Waals surface area contributed by atoms with Crippen LogP contribution in [0.1, 0.15) is 355 Å². The summed E-state index contributed by atoms with van der Waals surface area (Å²) < 4.78 is 65.2. The van der Waals surface area contributed by atoms with E-state index in [1.54, 1.807) is 0 Å². The standard InChI is InChI=1S/2C15H16O10.4C15H24.4C4H8O.2Mo/c2*1-21-11(16)6-7(12(17)22-2)9(14(19)24-4)10(15(20)25-5)8(6)13(18)23-3;4*1-10(2)13-7-14(11(3)4)9-15(8-13)12(5)6;4*1-2-4-5-3-1;;/h2*16H,1-5H3;4*7-12H,1-6H3;4*1-4H2;;/p-2. The summed E-state index contributed by atoms with van der Waals surface area (Å²) in [6.45, 7) is 62.4. The van der Waals surface area contributed by atoms with Gasteiger partial charge in [0.25, 0.3) is 0 Å². The van der Waals surface area contributed by atoms with Gasteiger partial charge in [0.1, 0.15) is 0 Å². The van der Waals surface area contributed by atoms with Gasteiger partial charge in [-0.05, 0) is 203 Å². The Labute approximate surface area is 819 Å². The number of methoxy groups -OCH3 is 10. The fourth-order valence-electron chi connectivity index (χ4n) is 13.2. The van der Waals surface area contributed by atoms with E-state index in [9.17, 15) is 48.6 Å². The van der Waals surface area contributed by atoms with E-state index in [0.29, 0.717) is 71.0 Å². The molecule has 10 rings (SSSR count). The molecule has 0 unspecified atom stereocenters. The number of esters is 8. The van der Waals surface area contributed by atoms with Gasteiger partial charge in [-0.1, -0.05) is 239 Å². The Morgan fingerprint density at radius 1 is 0.197 bits per heavy atom. The molecule has 4 aliphatic heterocycles. The molecule has 4 heterocycles. The third kappa shape index (κ3) is 41.0. The second kappa shape index (κ2) is 66.0. The molecule has 4 aromatic rings. The van der Waals surface area contributed by atoms with Crippen LogP contribution < -0.4 is 10.2 Å². The third-order valence-electron chi connectivity index (χ3n) is 21.7. The molecule has 0 radical (unpaired) electrons. The number of ether oxygens (including phenoxy) is 14. The predicted octanol–water partition coefficient (Wildman–Crippen LogP) is 20.4. The SMILES string of the molecule is C1CCOC1.C1CCOC1.C1CCOC1.C1CCOC1.CC(C)c1cc(C(C)C)cc(C(C)C)c1.CC(C)c1cc(C(C)C)cc(C(C)C)c1.CC(C)c1cc(C(C)C)cc(C(C)C)c1.CC(C)c1cc(C(C)C)cc(C(C)C)c1.COC(=O)C1=C(C(=O)OC)C(C(=O)OC)=C(C(=O)OC)C1=C([O-])OC.COC(=O)C1=C(C(=O)OC)C(C(=O)OC)=C(C(=O)OC)C1=C([O-])OC.[Mo].[Mo]. The summed E-state index contributed by atoms with van der Waals surface area (Å²) in [5.74, 6) is -4.14. The minimum Gasteiger partial charge on any atom is -0.616 e. The monoisotopic (exact) mass is 2010 g/mol. The smallest absolute Gasteiger partial charge is 0.339 e. The average molecular weight is 2010 g/mol. The zero-order valence-corrected chi connectivity index (χ0v) is 89.8. The van der Waals surface area contributed by atoms with Crippen molar-refractivity contribution in [3.63, 3.8) is 0 Å². The molecule has 0 bridgehead atoms. The molecule has 740 valence electrons. The van der Waals surface area contributed by atoms with Crippen molar-refractivity contribution >= 4 is 47.8 Å². The molecular formula is C106H158Mo2O24-2. The van der Waals surface area contributed by atoms with Crippen molar-refractivity contribution in [1.29, 1.82) is 0 Å². The second-order valence-electron chi connectivity index (χ2n) is 35.5. The predicted molar refractivity (Wildman–Crippen MR) is 507 cm³/mol. The van der Waals surface area contributed by atoms with Crippen molar-refractivity contribution in [2.45, 2.75) is 289 Å².